The molecule has 4 nitrogen and oxygen atoms in total. The Morgan fingerprint density at radius 2 is 2.00 bits per heavy atom. The molecule has 0 bridgehead atoms. The third kappa shape index (κ3) is 2.09. The Labute approximate surface area is 109 Å². The maximum atomic E-state index is 11.3. The number of hydrogen-bond acceptors (Lipinski definition) is 4. The van der Waals surface area contributed by atoms with Gasteiger partial charge in [-0.05, 0) is 25.3 Å². The van der Waals surface area contributed by atoms with Gasteiger partial charge in [0.05, 0.1) is 10.6 Å². The number of nitrogens with zero attached hydrogens (tertiary/aromatic N) is 1. The number of hydrogen-bond donors (Lipinski definition) is 2. The predicted molar refractivity (Wildman–Crippen MR) is 70.9 cm³/mol. The Bertz CT molecular complexity index is 604. The molecule has 2 aromatic rings. The number of aromatic nitrogens is 1. The zero-order valence-corrected chi connectivity index (χ0v) is 10.9. The van der Waals surface area contributed by atoms with Crippen molar-refractivity contribution < 1.29 is 15.0 Å². The van der Waals surface area contributed by atoms with E-state index in [9.17, 15) is 15.0 Å². The minimum absolute atomic E-state index is 0.0271. The summed E-state index contributed by atoms with van der Waals surface area (Å²) in [6.07, 6.45) is 1.81. The van der Waals surface area contributed by atoms with Crippen LogP contribution in [0.15, 0.2) is 35.2 Å². The zero-order chi connectivity index (χ0) is 13.3. The molecule has 2 rings (SSSR count). The van der Waals surface area contributed by atoms with Crippen LogP contribution < -0.4 is 0 Å². The highest BCUT2D eigenvalue weighted by molar-refractivity contribution is 7.98. The van der Waals surface area contributed by atoms with E-state index in [-0.39, 0.29) is 17.5 Å². The van der Waals surface area contributed by atoms with Gasteiger partial charge in [0, 0.05) is 11.6 Å². The van der Waals surface area contributed by atoms with E-state index in [2.05, 4.69) is 0 Å². The van der Waals surface area contributed by atoms with Crippen molar-refractivity contribution in [2.75, 3.05) is 6.26 Å². The van der Waals surface area contributed by atoms with Gasteiger partial charge in [-0.25, -0.2) is 0 Å². The highest BCUT2D eigenvalue weighted by Crippen LogP contribution is 2.36. The lowest BCUT2D eigenvalue weighted by atomic mass is 10.1. The molecule has 0 unspecified atom stereocenters. The Hall–Kier alpha value is -1.88. The zero-order valence-electron chi connectivity index (χ0n) is 10.0. The minimum Gasteiger partial charge on any atom is -0.494 e. The van der Waals surface area contributed by atoms with Gasteiger partial charge >= 0.3 is 0 Å². The number of carbonyl (C=O) groups is 1. The molecule has 0 radical (unpaired) electrons. The summed E-state index contributed by atoms with van der Waals surface area (Å²) in [5.74, 6) is -0.147. The van der Waals surface area contributed by atoms with Crippen molar-refractivity contribution in [2.45, 2.75) is 11.8 Å². The first-order chi connectivity index (χ1) is 8.54. The molecule has 1 aromatic heterocycles. The first-order valence-corrected chi connectivity index (χ1v) is 6.56. The van der Waals surface area contributed by atoms with E-state index in [0.29, 0.717) is 16.1 Å². The van der Waals surface area contributed by atoms with Gasteiger partial charge in [-0.15, -0.1) is 11.8 Å². The van der Waals surface area contributed by atoms with Crippen molar-refractivity contribution in [1.82, 2.24) is 4.57 Å². The number of Topliss-reactive ketones (excluding diaryl/α,β-unsaturated/α-hetero) is 1. The van der Waals surface area contributed by atoms with Gasteiger partial charge in [0.2, 0.25) is 5.88 Å². The summed E-state index contributed by atoms with van der Waals surface area (Å²) < 4.78 is 1.30. The van der Waals surface area contributed by atoms with E-state index >= 15 is 0 Å². The summed E-state index contributed by atoms with van der Waals surface area (Å²) in [7, 11) is 0. The molecule has 18 heavy (non-hydrogen) atoms. The van der Waals surface area contributed by atoms with E-state index in [0.717, 1.165) is 0 Å². The highest BCUT2D eigenvalue weighted by atomic mass is 32.2. The van der Waals surface area contributed by atoms with E-state index in [1.54, 1.807) is 24.3 Å². The lowest BCUT2D eigenvalue weighted by molar-refractivity contribution is 0.101. The molecular weight excluding hydrogens is 250 g/mol. The van der Waals surface area contributed by atoms with E-state index in [4.69, 9.17) is 0 Å². The summed E-state index contributed by atoms with van der Waals surface area (Å²) in [6, 6.07) is 8.24. The van der Waals surface area contributed by atoms with E-state index < -0.39 is 0 Å². The topological polar surface area (TPSA) is 62.5 Å². The average Bonchev–Trinajstić information content (AvgIpc) is 2.64. The average molecular weight is 263 g/mol. The van der Waals surface area contributed by atoms with Gasteiger partial charge in [0.1, 0.15) is 0 Å². The number of benzene rings is 1. The molecule has 0 amide bonds. The first kappa shape index (κ1) is 12.6. The van der Waals surface area contributed by atoms with Crippen molar-refractivity contribution in [2.24, 2.45) is 0 Å². The van der Waals surface area contributed by atoms with Crippen LogP contribution in [0, 0.1) is 0 Å². The smallest absolute Gasteiger partial charge is 0.212 e. The monoisotopic (exact) mass is 263 g/mol. The molecule has 94 valence electrons. The van der Waals surface area contributed by atoms with Crippen LogP contribution in [0.25, 0.3) is 5.69 Å². The second kappa shape index (κ2) is 4.78. The summed E-state index contributed by atoms with van der Waals surface area (Å²) in [6.45, 7) is 1.47. The van der Waals surface area contributed by atoms with Gasteiger partial charge < -0.3 is 10.2 Å². The van der Waals surface area contributed by atoms with Crippen LogP contribution in [-0.2, 0) is 0 Å². The third-order valence-corrected chi connectivity index (χ3v) is 3.39. The molecule has 0 aliphatic heterocycles. The fourth-order valence-corrected chi connectivity index (χ4v) is 2.23. The van der Waals surface area contributed by atoms with Gasteiger partial charge in [-0.2, -0.15) is 0 Å². The van der Waals surface area contributed by atoms with Crippen LogP contribution in [0.2, 0.25) is 0 Å². The van der Waals surface area contributed by atoms with Gasteiger partial charge in [0.25, 0.3) is 0 Å². The summed E-state index contributed by atoms with van der Waals surface area (Å²) in [5.41, 5.74) is 1.09. The summed E-state index contributed by atoms with van der Waals surface area (Å²) >= 11 is 1.34. The van der Waals surface area contributed by atoms with Crippen molar-refractivity contribution in [1.29, 1.82) is 0 Å². The van der Waals surface area contributed by atoms with Crippen molar-refractivity contribution in [3.63, 3.8) is 0 Å². The van der Waals surface area contributed by atoms with Crippen molar-refractivity contribution in [3.05, 3.63) is 35.9 Å². The van der Waals surface area contributed by atoms with Crippen LogP contribution in [0.1, 0.15) is 17.3 Å². The number of ketones is 1. The van der Waals surface area contributed by atoms with Crippen LogP contribution in [0.3, 0.4) is 0 Å². The standard InChI is InChI=1S/C13H13NO3S/c1-8(15)9-4-3-5-10(6-9)14-12(16)7-11(18-2)13(14)17/h3-7,16-17H,1-2H3. The number of aromatic hydroxyl groups is 2. The van der Waals surface area contributed by atoms with E-state index in [1.807, 2.05) is 6.26 Å². The predicted octanol–water partition coefficient (Wildman–Crippen LogP) is 2.81. The lowest BCUT2D eigenvalue weighted by Gasteiger charge is -2.08. The lowest BCUT2D eigenvalue weighted by Crippen LogP contribution is -1.97. The first-order valence-electron chi connectivity index (χ1n) is 5.33. The fraction of sp³-hybridized carbons (Fsp3) is 0.154. The maximum absolute atomic E-state index is 11.3. The maximum Gasteiger partial charge on any atom is 0.212 e. The molecule has 0 aliphatic carbocycles. The summed E-state index contributed by atoms with van der Waals surface area (Å²) in [5, 5.41) is 19.8. The molecule has 1 heterocycles. The van der Waals surface area contributed by atoms with Gasteiger partial charge in [0.15, 0.2) is 11.7 Å². The Morgan fingerprint density at radius 3 is 2.56 bits per heavy atom. The molecule has 0 aliphatic rings. The molecule has 0 saturated carbocycles. The second-order valence-electron chi connectivity index (χ2n) is 3.84. The van der Waals surface area contributed by atoms with Crippen LogP contribution in [-0.4, -0.2) is 26.8 Å². The fourth-order valence-electron chi connectivity index (χ4n) is 1.73. The Balaban J connectivity index is 2.58. The van der Waals surface area contributed by atoms with Gasteiger partial charge in [-0.3, -0.25) is 9.36 Å². The molecule has 0 fully saturated rings. The SMILES string of the molecule is CSc1cc(O)n(-c2cccc(C(C)=O)c2)c1O. The third-order valence-electron chi connectivity index (χ3n) is 2.65. The second-order valence-corrected chi connectivity index (χ2v) is 4.68. The number of rotatable bonds is 3. The molecule has 5 heteroatoms. The quantitative estimate of drug-likeness (QED) is 0.660. The normalized spacial score (nSPS) is 10.6. The van der Waals surface area contributed by atoms with Crippen LogP contribution in [0.5, 0.6) is 11.8 Å². The molecule has 2 N–H and O–H groups in total. The molecule has 0 spiro atoms. The van der Waals surface area contributed by atoms with Crippen LogP contribution in [0.4, 0.5) is 0 Å². The van der Waals surface area contributed by atoms with Crippen LogP contribution >= 0.6 is 11.8 Å². The Morgan fingerprint density at radius 1 is 1.28 bits per heavy atom. The highest BCUT2D eigenvalue weighted by Gasteiger charge is 2.15. The number of carbonyl (C=O) groups excluding carboxylic acids is 1. The molecule has 0 atom stereocenters. The summed E-state index contributed by atoms with van der Waals surface area (Å²) in [4.78, 5) is 11.9. The van der Waals surface area contributed by atoms with Crippen molar-refractivity contribution in [3.8, 4) is 17.4 Å². The Kier molecular flexibility index (Phi) is 3.34. The largest absolute Gasteiger partial charge is 0.494 e. The molecular formula is C13H13NO3S. The van der Waals surface area contributed by atoms with Crippen molar-refractivity contribution >= 4 is 17.5 Å². The number of thioether (sulfide) groups is 1. The van der Waals surface area contributed by atoms with Gasteiger partial charge in [-0.1, -0.05) is 12.1 Å². The molecule has 1 aromatic carbocycles. The van der Waals surface area contributed by atoms with E-state index in [1.165, 1.54) is 29.3 Å². The molecule has 0 saturated heterocycles. The minimum atomic E-state index is -0.0620.